The van der Waals surface area contributed by atoms with Crippen molar-refractivity contribution in [3.63, 3.8) is 0 Å². The molecule has 1 aromatic heterocycles. The molecular formula is C18H24FN3O5. The monoisotopic (exact) mass is 381 g/mol. The number of hydrogen-bond donors (Lipinski definition) is 4. The molecule has 4 N–H and O–H groups in total. The first-order valence-electron chi connectivity index (χ1n) is 8.63. The number of rotatable bonds is 13. The summed E-state index contributed by atoms with van der Waals surface area (Å²) >= 11 is 0. The van der Waals surface area contributed by atoms with Gasteiger partial charge < -0.3 is 30.2 Å². The molecule has 27 heavy (non-hydrogen) atoms. The molecule has 0 aliphatic carbocycles. The molecule has 1 atom stereocenters. The van der Waals surface area contributed by atoms with Gasteiger partial charge in [0.2, 0.25) is 12.3 Å². The Balaban J connectivity index is 1.82. The maximum Gasteiger partial charge on any atom is 0.242 e. The number of aromatic hydroxyl groups is 1. The van der Waals surface area contributed by atoms with E-state index in [1.165, 1.54) is 0 Å². The lowest BCUT2D eigenvalue weighted by atomic mass is 10.0. The first kappa shape index (κ1) is 20.7. The summed E-state index contributed by atoms with van der Waals surface area (Å²) in [7, 11) is 0. The van der Waals surface area contributed by atoms with Gasteiger partial charge >= 0.3 is 0 Å². The van der Waals surface area contributed by atoms with Crippen molar-refractivity contribution in [2.75, 3.05) is 39.6 Å². The summed E-state index contributed by atoms with van der Waals surface area (Å²) in [6.45, 7) is 0.667. The molecule has 0 aliphatic rings. The average molecular weight is 381 g/mol. The van der Waals surface area contributed by atoms with Gasteiger partial charge in [-0.05, 0) is 23.8 Å². The minimum Gasteiger partial charge on any atom is -0.508 e. The van der Waals surface area contributed by atoms with Crippen LogP contribution in [0, 0.1) is 0 Å². The molecule has 2 amide bonds. The minimum atomic E-state index is -0.753. The fourth-order valence-corrected chi connectivity index (χ4v) is 2.61. The molecule has 8 nitrogen and oxygen atoms in total. The quantitative estimate of drug-likeness (QED) is 0.301. The summed E-state index contributed by atoms with van der Waals surface area (Å²) in [6, 6.07) is 4.16. The Kier molecular flexibility index (Phi) is 8.53. The summed E-state index contributed by atoms with van der Waals surface area (Å²) in [5.41, 5.74) is 1.63. The number of nitrogens with one attached hydrogen (secondary N) is 3. The van der Waals surface area contributed by atoms with Crippen molar-refractivity contribution in [2.24, 2.45) is 0 Å². The molecule has 1 aromatic carbocycles. The van der Waals surface area contributed by atoms with Crippen LogP contribution in [0.4, 0.5) is 4.39 Å². The van der Waals surface area contributed by atoms with Crippen LogP contribution in [0.1, 0.15) is 5.56 Å². The predicted molar refractivity (Wildman–Crippen MR) is 97.3 cm³/mol. The number of carbonyl (C=O) groups excluding carboxylic acids is 2. The summed E-state index contributed by atoms with van der Waals surface area (Å²) < 4.78 is 22.0. The summed E-state index contributed by atoms with van der Waals surface area (Å²) in [4.78, 5) is 26.3. The molecule has 148 valence electrons. The first-order valence-corrected chi connectivity index (χ1v) is 8.63. The van der Waals surface area contributed by atoms with Crippen LogP contribution < -0.4 is 10.6 Å². The maximum absolute atomic E-state index is 12.3. The van der Waals surface area contributed by atoms with E-state index in [1.54, 1.807) is 24.4 Å². The molecule has 0 saturated carbocycles. The second kappa shape index (κ2) is 11.1. The number of aromatic amines is 1. The van der Waals surface area contributed by atoms with Gasteiger partial charge in [-0.1, -0.05) is 0 Å². The van der Waals surface area contributed by atoms with E-state index in [0.29, 0.717) is 19.6 Å². The second-order valence-corrected chi connectivity index (χ2v) is 5.79. The lowest BCUT2D eigenvalue weighted by Gasteiger charge is -2.16. The zero-order valence-corrected chi connectivity index (χ0v) is 14.9. The SMILES string of the molecule is O=CNC(Cc1c[nH]c2ccc(O)cc12)C(=O)NCCOCCOCCF. The highest BCUT2D eigenvalue weighted by Crippen LogP contribution is 2.23. The normalized spacial score (nSPS) is 12.0. The largest absolute Gasteiger partial charge is 0.508 e. The molecule has 2 rings (SSSR count). The molecule has 9 heteroatoms. The maximum atomic E-state index is 12.3. The van der Waals surface area contributed by atoms with Crippen LogP contribution in [0.5, 0.6) is 5.75 Å². The van der Waals surface area contributed by atoms with Crippen LogP contribution in [0.2, 0.25) is 0 Å². The van der Waals surface area contributed by atoms with Crippen LogP contribution in [0.15, 0.2) is 24.4 Å². The lowest BCUT2D eigenvalue weighted by Crippen LogP contribution is -2.46. The highest BCUT2D eigenvalue weighted by Gasteiger charge is 2.19. The summed E-state index contributed by atoms with van der Waals surface area (Å²) in [5.74, 6) is -0.214. The van der Waals surface area contributed by atoms with Gasteiger partial charge in [-0.3, -0.25) is 9.59 Å². The van der Waals surface area contributed by atoms with Gasteiger partial charge in [-0.25, -0.2) is 4.39 Å². The molecule has 2 aromatic rings. The third kappa shape index (κ3) is 6.54. The van der Waals surface area contributed by atoms with Gasteiger partial charge in [0.15, 0.2) is 0 Å². The van der Waals surface area contributed by atoms with Gasteiger partial charge in [0, 0.05) is 30.1 Å². The molecule has 0 aliphatic heterocycles. The van der Waals surface area contributed by atoms with Crippen LogP contribution in [-0.4, -0.2) is 68.1 Å². The molecule has 0 bridgehead atoms. The Morgan fingerprint density at radius 1 is 1.26 bits per heavy atom. The molecule has 1 heterocycles. The van der Waals surface area contributed by atoms with E-state index >= 15 is 0 Å². The van der Waals surface area contributed by atoms with Gasteiger partial charge in [0.05, 0.1) is 26.4 Å². The number of carbonyl (C=O) groups is 2. The van der Waals surface area contributed by atoms with Gasteiger partial charge in [-0.2, -0.15) is 0 Å². The van der Waals surface area contributed by atoms with Gasteiger partial charge in [-0.15, -0.1) is 0 Å². The van der Waals surface area contributed by atoms with Crippen LogP contribution in [0.25, 0.3) is 10.9 Å². The Hall–Kier alpha value is -2.65. The van der Waals surface area contributed by atoms with Gasteiger partial charge in [0.1, 0.15) is 18.5 Å². The van der Waals surface area contributed by atoms with E-state index in [2.05, 4.69) is 15.6 Å². The van der Waals surface area contributed by atoms with Gasteiger partial charge in [0.25, 0.3) is 0 Å². The van der Waals surface area contributed by atoms with Crippen LogP contribution in [-0.2, 0) is 25.5 Å². The van der Waals surface area contributed by atoms with E-state index < -0.39 is 12.7 Å². The number of phenolic OH excluding ortho intramolecular Hbond substituents is 1. The number of H-pyrrole nitrogens is 1. The fraction of sp³-hybridized carbons (Fsp3) is 0.444. The molecule has 0 spiro atoms. The number of aromatic nitrogens is 1. The number of halogens is 1. The van der Waals surface area contributed by atoms with Crippen molar-refractivity contribution in [1.29, 1.82) is 0 Å². The molecule has 0 fully saturated rings. The third-order valence-corrected chi connectivity index (χ3v) is 3.90. The Labute approximate surface area is 156 Å². The fourth-order valence-electron chi connectivity index (χ4n) is 2.61. The minimum absolute atomic E-state index is 0.0464. The highest BCUT2D eigenvalue weighted by atomic mass is 19.1. The molecule has 0 radical (unpaired) electrons. The lowest BCUT2D eigenvalue weighted by molar-refractivity contribution is -0.125. The molecular weight excluding hydrogens is 357 g/mol. The van der Waals surface area contributed by atoms with E-state index in [9.17, 15) is 19.1 Å². The second-order valence-electron chi connectivity index (χ2n) is 5.79. The predicted octanol–water partition coefficient (Wildman–Crippen LogP) is 0.649. The number of amides is 2. The van der Waals surface area contributed by atoms with Crippen molar-refractivity contribution in [1.82, 2.24) is 15.6 Å². The standard InChI is InChI=1S/C18H24FN3O5/c19-3-5-26-7-8-27-6-4-20-18(25)17(22-12-23)9-13-11-21-16-2-1-14(24)10-15(13)16/h1-2,10-12,17,21,24H,3-9H2,(H,20,25)(H,22,23). The Morgan fingerprint density at radius 3 is 2.78 bits per heavy atom. The van der Waals surface area contributed by atoms with Crippen molar-refractivity contribution < 1.29 is 28.6 Å². The van der Waals surface area contributed by atoms with Crippen molar-refractivity contribution in [3.05, 3.63) is 30.0 Å². The van der Waals surface area contributed by atoms with Crippen molar-refractivity contribution in [2.45, 2.75) is 12.5 Å². The third-order valence-electron chi connectivity index (χ3n) is 3.90. The number of benzene rings is 1. The zero-order valence-electron chi connectivity index (χ0n) is 14.9. The smallest absolute Gasteiger partial charge is 0.242 e. The number of phenols is 1. The number of alkyl halides is 1. The van der Waals surface area contributed by atoms with Crippen molar-refractivity contribution >= 4 is 23.2 Å². The van der Waals surface area contributed by atoms with E-state index in [-0.39, 0.29) is 37.8 Å². The number of ether oxygens (including phenoxy) is 2. The van der Waals surface area contributed by atoms with Crippen LogP contribution in [0.3, 0.4) is 0 Å². The summed E-state index contributed by atoms with van der Waals surface area (Å²) in [6.07, 6.45) is 2.50. The Bertz CT molecular complexity index is 737. The Morgan fingerprint density at radius 2 is 2.04 bits per heavy atom. The zero-order chi connectivity index (χ0) is 19.5. The van der Waals surface area contributed by atoms with Crippen molar-refractivity contribution in [3.8, 4) is 5.75 Å². The summed E-state index contributed by atoms with van der Waals surface area (Å²) in [5, 5.41) is 15.6. The highest BCUT2D eigenvalue weighted by molar-refractivity contribution is 5.87. The topological polar surface area (TPSA) is 113 Å². The number of hydrogen-bond acceptors (Lipinski definition) is 5. The molecule has 0 saturated heterocycles. The molecule has 1 unspecified atom stereocenters. The first-order chi connectivity index (χ1) is 13.2. The number of fused-ring (bicyclic) bond motifs is 1. The van der Waals surface area contributed by atoms with E-state index in [4.69, 9.17) is 9.47 Å². The van der Waals surface area contributed by atoms with E-state index in [0.717, 1.165) is 16.5 Å². The van der Waals surface area contributed by atoms with Crippen LogP contribution >= 0.6 is 0 Å². The van der Waals surface area contributed by atoms with E-state index in [1.807, 2.05) is 0 Å². The average Bonchev–Trinajstić information content (AvgIpc) is 3.05.